The molecular formula is C17H25FN4O. The Hall–Kier alpha value is -1.95. The number of nitrogens with two attached hydrogens (primary N) is 1. The lowest BCUT2D eigenvalue weighted by atomic mass is 9.81. The van der Waals surface area contributed by atoms with E-state index in [4.69, 9.17) is 5.73 Å². The molecule has 3 N–H and O–H groups in total. The number of aryl methyl sites for hydroxylation is 1. The third kappa shape index (κ3) is 3.22. The molecule has 0 atom stereocenters. The van der Waals surface area contributed by atoms with Gasteiger partial charge in [-0.25, -0.2) is 9.37 Å². The standard InChI is InChI=1S/C17H25FN4O/c1-4-17(5-2,11-19)16(23)20-10-9-14-21-15-12(18)7-6-8-13(15)22(14)3/h6-8H,4-5,9-11,19H2,1-3H3,(H,20,23). The second-order valence-electron chi connectivity index (χ2n) is 5.89. The van der Waals surface area contributed by atoms with Crippen molar-refractivity contribution in [2.45, 2.75) is 33.1 Å². The molecule has 1 aromatic heterocycles. The van der Waals surface area contributed by atoms with Gasteiger partial charge in [0.2, 0.25) is 5.91 Å². The van der Waals surface area contributed by atoms with Gasteiger partial charge in [0, 0.05) is 26.6 Å². The predicted octanol–water partition coefficient (Wildman–Crippen LogP) is 2.14. The number of benzene rings is 1. The number of imidazole rings is 1. The van der Waals surface area contributed by atoms with Gasteiger partial charge < -0.3 is 15.6 Å². The molecule has 126 valence electrons. The summed E-state index contributed by atoms with van der Waals surface area (Å²) in [4.78, 5) is 16.7. The van der Waals surface area contributed by atoms with Gasteiger partial charge in [-0.1, -0.05) is 19.9 Å². The van der Waals surface area contributed by atoms with Crippen LogP contribution >= 0.6 is 0 Å². The molecule has 0 aliphatic rings. The summed E-state index contributed by atoms with van der Waals surface area (Å²) in [5.41, 5.74) is 6.41. The lowest BCUT2D eigenvalue weighted by molar-refractivity contribution is -0.131. The van der Waals surface area contributed by atoms with E-state index < -0.39 is 5.41 Å². The molecule has 0 spiro atoms. The SMILES string of the molecule is CCC(CC)(CN)C(=O)NCCc1nc2c(F)cccc2n1C. The minimum absolute atomic E-state index is 0.0186. The van der Waals surface area contributed by atoms with Crippen LogP contribution in [0.2, 0.25) is 0 Å². The number of nitrogens with zero attached hydrogens (tertiary/aromatic N) is 2. The van der Waals surface area contributed by atoms with Crippen molar-refractivity contribution in [2.75, 3.05) is 13.1 Å². The van der Waals surface area contributed by atoms with Gasteiger partial charge in [0.1, 0.15) is 11.3 Å². The highest BCUT2D eigenvalue weighted by molar-refractivity contribution is 5.82. The van der Waals surface area contributed by atoms with Crippen molar-refractivity contribution in [1.82, 2.24) is 14.9 Å². The highest BCUT2D eigenvalue weighted by atomic mass is 19.1. The van der Waals surface area contributed by atoms with E-state index in [0.717, 1.165) is 11.3 Å². The van der Waals surface area contributed by atoms with Crippen molar-refractivity contribution in [3.8, 4) is 0 Å². The lowest BCUT2D eigenvalue weighted by Gasteiger charge is -2.28. The Bertz CT molecular complexity index is 683. The Labute approximate surface area is 136 Å². The first-order valence-electron chi connectivity index (χ1n) is 8.07. The van der Waals surface area contributed by atoms with Crippen LogP contribution in [0.4, 0.5) is 4.39 Å². The fourth-order valence-corrected chi connectivity index (χ4v) is 2.88. The van der Waals surface area contributed by atoms with E-state index in [0.29, 0.717) is 37.9 Å². The number of rotatable bonds is 7. The van der Waals surface area contributed by atoms with Crippen LogP contribution in [-0.4, -0.2) is 28.5 Å². The maximum absolute atomic E-state index is 13.8. The van der Waals surface area contributed by atoms with Crippen LogP contribution in [0.25, 0.3) is 11.0 Å². The Kier molecular flexibility index (Phi) is 5.36. The summed E-state index contributed by atoms with van der Waals surface area (Å²) in [7, 11) is 1.86. The fourth-order valence-electron chi connectivity index (χ4n) is 2.88. The first kappa shape index (κ1) is 17.4. The molecule has 0 unspecified atom stereocenters. The number of fused-ring (bicyclic) bond motifs is 1. The lowest BCUT2D eigenvalue weighted by Crippen LogP contribution is -2.45. The molecule has 0 bridgehead atoms. The van der Waals surface area contributed by atoms with Gasteiger partial charge in [-0.2, -0.15) is 0 Å². The van der Waals surface area contributed by atoms with E-state index in [9.17, 15) is 9.18 Å². The summed E-state index contributed by atoms with van der Waals surface area (Å²) in [5, 5.41) is 2.95. The number of hydrogen-bond donors (Lipinski definition) is 2. The minimum atomic E-state index is -0.502. The van der Waals surface area contributed by atoms with E-state index in [1.165, 1.54) is 6.07 Å². The van der Waals surface area contributed by atoms with Crippen molar-refractivity contribution in [3.05, 3.63) is 29.8 Å². The molecule has 6 heteroatoms. The molecule has 0 saturated carbocycles. The number of hydrogen-bond acceptors (Lipinski definition) is 3. The molecule has 2 rings (SSSR count). The topological polar surface area (TPSA) is 72.9 Å². The van der Waals surface area contributed by atoms with Gasteiger partial charge in [0.15, 0.2) is 5.82 Å². The molecule has 0 aliphatic heterocycles. The van der Waals surface area contributed by atoms with E-state index in [1.807, 2.05) is 31.5 Å². The monoisotopic (exact) mass is 320 g/mol. The van der Waals surface area contributed by atoms with Gasteiger partial charge in [0.05, 0.1) is 10.9 Å². The van der Waals surface area contributed by atoms with Gasteiger partial charge in [-0.05, 0) is 25.0 Å². The molecule has 1 amide bonds. The van der Waals surface area contributed by atoms with E-state index in [2.05, 4.69) is 10.3 Å². The Morgan fingerprint density at radius 2 is 2.09 bits per heavy atom. The van der Waals surface area contributed by atoms with Crippen LogP contribution < -0.4 is 11.1 Å². The molecule has 5 nitrogen and oxygen atoms in total. The Morgan fingerprint density at radius 3 is 2.65 bits per heavy atom. The van der Waals surface area contributed by atoms with Crippen molar-refractivity contribution in [3.63, 3.8) is 0 Å². The molecule has 0 aliphatic carbocycles. The highest BCUT2D eigenvalue weighted by Crippen LogP contribution is 2.25. The Balaban J connectivity index is 2.06. The van der Waals surface area contributed by atoms with Crippen molar-refractivity contribution in [1.29, 1.82) is 0 Å². The second kappa shape index (κ2) is 7.08. The largest absolute Gasteiger partial charge is 0.355 e. The summed E-state index contributed by atoms with van der Waals surface area (Å²) >= 11 is 0. The summed E-state index contributed by atoms with van der Waals surface area (Å²) in [6.07, 6.45) is 1.97. The second-order valence-corrected chi connectivity index (χ2v) is 5.89. The number of carbonyl (C=O) groups is 1. The quantitative estimate of drug-likeness (QED) is 0.821. The van der Waals surface area contributed by atoms with Crippen LogP contribution in [-0.2, 0) is 18.3 Å². The number of amides is 1. The summed E-state index contributed by atoms with van der Waals surface area (Å²) < 4.78 is 15.6. The van der Waals surface area contributed by atoms with E-state index >= 15 is 0 Å². The zero-order valence-electron chi connectivity index (χ0n) is 14.0. The number of halogens is 1. The summed E-state index contributed by atoms with van der Waals surface area (Å²) in [6, 6.07) is 4.91. The van der Waals surface area contributed by atoms with Crippen LogP contribution in [0.3, 0.4) is 0 Å². The molecule has 0 radical (unpaired) electrons. The average Bonchev–Trinajstić information content (AvgIpc) is 2.88. The number of carbonyl (C=O) groups excluding carboxylic acids is 1. The zero-order valence-corrected chi connectivity index (χ0v) is 14.0. The molecule has 1 heterocycles. The smallest absolute Gasteiger partial charge is 0.227 e. The first-order valence-corrected chi connectivity index (χ1v) is 8.07. The Morgan fingerprint density at radius 1 is 1.39 bits per heavy atom. The highest BCUT2D eigenvalue weighted by Gasteiger charge is 2.32. The molecule has 2 aromatic rings. The van der Waals surface area contributed by atoms with Crippen LogP contribution in [0.15, 0.2) is 18.2 Å². The average molecular weight is 320 g/mol. The van der Waals surface area contributed by atoms with E-state index in [-0.39, 0.29) is 11.7 Å². The van der Waals surface area contributed by atoms with Gasteiger partial charge in [-0.15, -0.1) is 0 Å². The maximum Gasteiger partial charge on any atom is 0.227 e. The van der Waals surface area contributed by atoms with Gasteiger partial charge in [0.25, 0.3) is 0 Å². The molecular weight excluding hydrogens is 295 g/mol. The fraction of sp³-hybridized carbons (Fsp3) is 0.529. The summed E-state index contributed by atoms with van der Waals surface area (Å²) in [6.45, 7) is 4.75. The van der Waals surface area contributed by atoms with Crippen molar-refractivity contribution in [2.24, 2.45) is 18.2 Å². The minimum Gasteiger partial charge on any atom is -0.355 e. The normalized spacial score (nSPS) is 11.9. The first-order chi connectivity index (χ1) is 11.0. The molecule has 0 saturated heterocycles. The number of nitrogens with one attached hydrogen (secondary N) is 1. The number of aromatic nitrogens is 2. The molecule has 23 heavy (non-hydrogen) atoms. The van der Waals surface area contributed by atoms with E-state index in [1.54, 1.807) is 6.07 Å². The summed E-state index contributed by atoms with van der Waals surface area (Å²) in [5.74, 6) is 0.402. The molecule has 0 fully saturated rings. The van der Waals surface area contributed by atoms with Crippen molar-refractivity contribution >= 4 is 16.9 Å². The third-order valence-electron chi connectivity index (χ3n) is 4.81. The number of para-hydroxylation sites is 1. The van der Waals surface area contributed by atoms with Gasteiger partial charge >= 0.3 is 0 Å². The maximum atomic E-state index is 13.8. The molecule has 1 aromatic carbocycles. The van der Waals surface area contributed by atoms with Crippen LogP contribution in [0.5, 0.6) is 0 Å². The third-order valence-corrected chi connectivity index (χ3v) is 4.81. The predicted molar refractivity (Wildman–Crippen MR) is 89.5 cm³/mol. The van der Waals surface area contributed by atoms with Gasteiger partial charge in [-0.3, -0.25) is 4.79 Å². The van der Waals surface area contributed by atoms with Crippen LogP contribution in [0.1, 0.15) is 32.5 Å². The van der Waals surface area contributed by atoms with Crippen LogP contribution in [0, 0.1) is 11.2 Å². The van der Waals surface area contributed by atoms with Crippen molar-refractivity contribution < 1.29 is 9.18 Å². The zero-order chi connectivity index (χ0) is 17.0.